The van der Waals surface area contributed by atoms with Crippen LogP contribution in [0, 0.1) is 5.92 Å². The summed E-state index contributed by atoms with van der Waals surface area (Å²) >= 11 is 3.35. The summed E-state index contributed by atoms with van der Waals surface area (Å²) in [5.74, 6) is -0.390. The van der Waals surface area contributed by atoms with Gasteiger partial charge in [-0.3, -0.25) is 14.5 Å². The fourth-order valence-electron chi connectivity index (χ4n) is 2.56. The zero-order valence-corrected chi connectivity index (χ0v) is 13.3. The molecule has 1 unspecified atom stereocenters. The van der Waals surface area contributed by atoms with Crippen molar-refractivity contribution in [3.63, 3.8) is 0 Å². The van der Waals surface area contributed by atoms with E-state index in [-0.39, 0.29) is 12.3 Å². The van der Waals surface area contributed by atoms with Gasteiger partial charge in [-0.05, 0) is 49.6 Å². The van der Waals surface area contributed by atoms with Crippen LogP contribution >= 0.6 is 15.9 Å². The second-order valence-electron chi connectivity index (χ2n) is 5.38. The number of aliphatic carboxylic acids is 1. The zero-order chi connectivity index (χ0) is 15.2. The molecule has 0 aliphatic carbocycles. The van der Waals surface area contributed by atoms with Crippen LogP contribution in [0.5, 0.6) is 0 Å². The molecule has 21 heavy (non-hydrogen) atoms. The standard InChI is InChI=1S/C15H19BrN2O3/c16-12-2-4-13(5-3-12)17-14(19)10-18-8-7-11(9-18)1-6-15(20)21/h2-5,11H,1,6-10H2,(H,17,19)(H,20,21). The number of likely N-dealkylation sites (tertiary alicyclic amines) is 1. The highest BCUT2D eigenvalue weighted by Crippen LogP contribution is 2.21. The quantitative estimate of drug-likeness (QED) is 0.823. The molecule has 1 saturated heterocycles. The van der Waals surface area contributed by atoms with Crippen molar-refractivity contribution in [2.45, 2.75) is 19.3 Å². The Morgan fingerprint density at radius 2 is 2.05 bits per heavy atom. The molecule has 114 valence electrons. The molecule has 5 nitrogen and oxygen atoms in total. The van der Waals surface area contributed by atoms with E-state index in [0.29, 0.717) is 18.9 Å². The van der Waals surface area contributed by atoms with Crippen molar-refractivity contribution in [2.24, 2.45) is 5.92 Å². The van der Waals surface area contributed by atoms with E-state index in [4.69, 9.17) is 5.11 Å². The van der Waals surface area contributed by atoms with Crippen LogP contribution in [0.3, 0.4) is 0 Å². The minimum atomic E-state index is -0.749. The highest BCUT2D eigenvalue weighted by atomic mass is 79.9. The third kappa shape index (κ3) is 5.47. The molecule has 2 N–H and O–H groups in total. The van der Waals surface area contributed by atoms with Gasteiger partial charge >= 0.3 is 5.97 Å². The van der Waals surface area contributed by atoms with E-state index in [2.05, 4.69) is 26.1 Å². The number of rotatable bonds is 6. The van der Waals surface area contributed by atoms with Gasteiger partial charge in [-0.1, -0.05) is 15.9 Å². The maximum Gasteiger partial charge on any atom is 0.303 e. The molecular weight excluding hydrogens is 336 g/mol. The highest BCUT2D eigenvalue weighted by molar-refractivity contribution is 9.10. The number of carbonyl (C=O) groups excluding carboxylic acids is 1. The Kier molecular flexibility index (Phi) is 5.76. The second kappa shape index (κ2) is 7.56. The lowest BCUT2D eigenvalue weighted by atomic mass is 10.0. The summed E-state index contributed by atoms with van der Waals surface area (Å²) in [6.07, 6.45) is 1.88. The number of anilines is 1. The summed E-state index contributed by atoms with van der Waals surface area (Å²) in [5.41, 5.74) is 0.782. The number of amides is 1. The number of nitrogens with one attached hydrogen (secondary N) is 1. The van der Waals surface area contributed by atoms with Gasteiger partial charge in [0.05, 0.1) is 6.54 Å². The fraction of sp³-hybridized carbons (Fsp3) is 0.467. The Bertz CT molecular complexity index is 504. The van der Waals surface area contributed by atoms with Gasteiger partial charge in [0.1, 0.15) is 0 Å². The molecule has 1 heterocycles. The first-order chi connectivity index (χ1) is 10.0. The SMILES string of the molecule is O=C(O)CCC1CCN(CC(=O)Nc2ccc(Br)cc2)C1. The predicted molar refractivity (Wildman–Crippen MR) is 84.2 cm³/mol. The molecule has 0 bridgehead atoms. The van der Waals surface area contributed by atoms with Crippen molar-refractivity contribution in [1.82, 2.24) is 4.90 Å². The summed E-state index contributed by atoms with van der Waals surface area (Å²) in [4.78, 5) is 24.6. The number of hydrogen-bond acceptors (Lipinski definition) is 3. The monoisotopic (exact) mass is 354 g/mol. The Morgan fingerprint density at radius 3 is 2.71 bits per heavy atom. The van der Waals surface area contributed by atoms with E-state index in [1.807, 2.05) is 24.3 Å². The number of benzene rings is 1. The Labute approximate surface area is 132 Å². The molecule has 1 amide bonds. The molecule has 2 rings (SSSR count). The lowest BCUT2D eigenvalue weighted by Crippen LogP contribution is -2.31. The molecular formula is C15H19BrN2O3. The van der Waals surface area contributed by atoms with E-state index < -0.39 is 5.97 Å². The maximum absolute atomic E-state index is 12.0. The molecule has 6 heteroatoms. The normalized spacial score (nSPS) is 18.6. The van der Waals surface area contributed by atoms with Crippen LogP contribution < -0.4 is 5.32 Å². The summed E-state index contributed by atoms with van der Waals surface area (Å²) < 4.78 is 0.973. The van der Waals surface area contributed by atoms with Gasteiger partial charge in [-0.25, -0.2) is 0 Å². The smallest absolute Gasteiger partial charge is 0.303 e. The first-order valence-electron chi connectivity index (χ1n) is 7.02. The molecule has 0 saturated carbocycles. The average molecular weight is 355 g/mol. The van der Waals surface area contributed by atoms with E-state index in [9.17, 15) is 9.59 Å². The van der Waals surface area contributed by atoms with E-state index in [1.165, 1.54) is 0 Å². The second-order valence-corrected chi connectivity index (χ2v) is 6.29. The van der Waals surface area contributed by atoms with Crippen molar-refractivity contribution >= 4 is 33.5 Å². The number of carboxylic acids is 1. The molecule has 1 fully saturated rings. The Balaban J connectivity index is 1.73. The molecule has 1 aliphatic rings. The minimum Gasteiger partial charge on any atom is -0.481 e. The number of nitrogens with zero attached hydrogens (tertiary/aromatic N) is 1. The molecule has 1 aromatic carbocycles. The van der Waals surface area contributed by atoms with Crippen LogP contribution in [0.4, 0.5) is 5.69 Å². The van der Waals surface area contributed by atoms with Crippen molar-refractivity contribution in [1.29, 1.82) is 0 Å². The van der Waals surface area contributed by atoms with Crippen LogP contribution in [0.1, 0.15) is 19.3 Å². The molecule has 0 aromatic heterocycles. The number of hydrogen-bond donors (Lipinski definition) is 2. The van der Waals surface area contributed by atoms with Crippen LogP contribution in [0.15, 0.2) is 28.7 Å². The maximum atomic E-state index is 12.0. The van der Waals surface area contributed by atoms with Gasteiger partial charge in [0.15, 0.2) is 0 Å². The molecule has 1 aliphatic heterocycles. The van der Waals surface area contributed by atoms with Gasteiger partial charge in [-0.15, -0.1) is 0 Å². The average Bonchev–Trinajstić information content (AvgIpc) is 2.86. The molecule has 0 spiro atoms. The number of carbonyl (C=O) groups is 2. The first-order valence-corrected chi connectivity index (χ1v) is 7.82. The van der Waals surface area contributed by atoms with Gasteiger partial charge in [0.25, 0.3) is 0 Å². The lowest BCUT2D eigenvalue weighted by molar-refractivity contribution is -0.137. The summed E-state index contributed by atoms with van der Waals surface area (Å²) in [7, 11) is 0. The minimum absolute atomic E-state index is 0.0313. The van der Waals surface area contributed by atoms with E-state index >= 15 is 0 Å². The number of carboxylic acid groups (broad SMARTS) is 1. The van der Waals surface area contributed by atoms with Gasteiger partial charge in [0.2, 0.25) is 5.91 Å². The lowest BCUT2D eigenvalue weighted by Gasteiger charge is -2.15. The van der Waals surface area contributed by atoms with Crippen LogP contribution in [0.25, 0.3) is 0 Å². The third-order valence-electron chi connectivity index (χ3n) is 3.63. The van der Waals surface area contributed by atoms with Crippen LogP contribution in [-0.2, 0) is 9.59 Å². The van der Waals surface area contributed by atoms with Crippen LogP contribution in [0.2, 0.25) is 0 Å². The third-order valence-corrected chi connectivity index (χ3v) is 4.16. The Morgan fingerprint density at radius 1 is 1.33 bits per heavy atom. The molecule has 1 aromatic rings. The Hall–Kier alpha value is -1.40. The summed E-state index contributed by atoms with van der Waals surface area (Å²) in [6, 6.07) is 7.46. The van der Waals surface area contributed by atoms with Gasteiger partial charge in [-0.2, -0.15) is 0 Å². The summed E-state index contributed by atoms with van der Waals surface area (Å²) in [6.45, 7) is 2.03. The molecule has 0 radical (unpaired) electrons. The topological polar surface area (TPSA) is 69.6 Å². The largest absolute Gasteiger partial charge is 0.481 e. The highest BCUT2D eigenvalue weighted by Gasteiger charge is 2.24. The van der Waals surface area contributed by atoms with Crippen molar-refractivity contribution < 1.29 is 14.7 Å². The molecule has 1 atom stereocenters. The van der Waals surface area contributed by atoms with Crippen molar-refractivity contribution in [3.05, 3.63) is 28.7 Å². The first kappa shape index (κ1) is 16.0. The van der Waals surface area contributed by atoms with Gasteiger partial charge in [0, 0.05) is 23.1 Å². The van der Waals surface area contributed by atoms with Gasteiger partial charge < -0.3 is 10.4 Å². The summed E-state index contributed by atoms with van der Waals surface area (Å²) in [5, 5.41) is 11.6. The van der Waals surface area contributed by atoms with Crippen LogP contribution in [-0.4, -0.2) is 41.5 Å². The van der Waals surface area contributed by atoms with E-state index in [1.54, 1.807) is 0 Å². The van der Waals surface area contributed by atoms with Crippen molar-refractivity contribution in [3.8, 4) is 0 Å². The fourth-order valence-corrected chi connectivity index (χ4v) is 2.82. The predicted octanol–water partition coefficient (Wildman–Crippen LogP) is 2.57. The zero-order valence-electron chi connectivity index (χ0n) is 11.7. The number of halogens is 1. The van der Waals surface area contributed by atoms with Crippen molar-refractivity contribution in [2.75, 3.05) is 25.0 Å². The van der Waals surface area contributed by atoms with E-state index in [0.717, 1.165) is 29.7 Å².